The molecule has 0 radical (unpaired) electrons. The van der Waals surface area contributed by atoms with Crippen molar-refractivity contribution in [3.05, 3.63) is 34.9 Å². The highest BCUT2D eigenvalue weighted by Gasteiger charge is 2.27. The van der Waals surface area contributed by atoms with E-state index in [1.807, 2.05) is 18.2 Å². The molecule has 0 aliphatic heterocycles. The van der Waals surface area contributed by atoms with E-state index in [1.54, 1.807) is 27.0 Å². The quantitative estimate of drug-likeness (QED) is 0.859. The Hall–Kier alpha value is -1.27. The van der Waals surface area contributed by atoms with Gasteiger partial charge in [0.1, 0.15) is 0 Å². The van der Waals surface area contributed by atoms with E-state index in [0.717, 1.165) is 5.56 Å². The van der Waals surface area contributed by atoms with Crippen LogP contribution in [0.5, 0.6) is 0 Å². The fourth-order valence-electron chi connectivity index (χ4n) is 1.99. The van der Waals surface area contributed by atoms with Gasteiger partial charge in [0.2, 0.25) is 0 Å². The molecule has 0 aliphatic carbocycles. The number of urea groups is 1. The van der Waals surface area contributed by atoms with Crippen LogP contribution in [-0.2, 0) is 16.3 Å². The van der Waals surface area contributed by atoms with Gasteiger partial charge in [-0.3, -0.25) is 0 Å². The Balaban J connectivity index is 2.51. The molecule has 7 heteroatoms. The van der Waals surface area contributed by atoms with Crippen molar-refractivity contribution in [2.24, 2.45) is 0 Å². The molecule has 0 aliphatic rings. The summed E-state index contributed by atoms with van der Waals surface area (Å²) >= 11 is 5.90. The molecular formula is C15H23ClN2O3S. The van der Waals surface area contributed by atoms with Gasteiger partial charge in [-0.05, 0) is 38.0 Å². The highest BCUT2D eigenvalue weighted by molar-refractivity contribution is 7.91. The zero-order valence-corrected chi connectivity index (χ0v) is 14.9. The van der Waals surface area contributed by atoms with Crippen LogP contribution in [0.1, 0.15) is 19.4 Å². The molecule has 5 nitrogen and oxygen atoms in total. The van der Waals surface area contributed by atoms with Crippen LogP contribution in [0.25, 0.3) is 0 Å². The lowest BCUT2D eigenvalue weighted by molar-refractivity contribution is 0.193. The molecule has 0 heterocycles. The SMILES string of the molecule is C[C@H]([C@@H](C)S(C)(=O)=O)N(C)C(=O)NCCc1cccc(Cl)c1. The molecule has 0 fully saturated rings. The van der Waals surface area contributed by atoms with Crippen molar-refractivity contribution in [3.63, 3.8) is 0 Å². The van der Waals surface area contributed by atoms with E-state index in [4.69, 9.17) is 11.6 Å². The summed E-state index contributed by atoms with van der Waals surface area (Å²) in [6.07, 6.45) is 1.84. The van der Waals surface area contributed by atoms with Crippen molar-refractivity contribution < 1.29 is 13.2 Å². The Morgan fingerprint density at radius 2 is 2.00 bits per heavy atom. The van der Waals surface area contributed by atoms with Gasteiger partial charge in [-0.2, -0.15) is 0 Å². The third-order valence-electron chi connectivity index (χ3n) is 3.86. The van der Waals surface area contributed by atoms with Crippen molar-refractivity contribution >= 4 is 27.5 Å². The molecule has 0 saturated carbocycles. The average molecular weight is 347 g/mol. The second-order valence-electron chi connectivity index (χ2n) is 5.50. The zero-order chi connectivity index (χ0) is 16.9. The van der Waals surface area contributed by atoms with E-state index in [1.165, 1.54) is 11.2 Å². The maximum Gasteiger partial charge on any atom is 0.317 e. The van der Waals surface area contributed by atoms with Gasteiger partial charge in [0.05, 0.1) is 5.25 Å². The summed E-state index contributed by atoms with van der Waals surface area (Å²) in [5.74, 6) is 0. The molecule has 1 aromatic carbocycles. The van der Waals surface area contributed by atoms with Gasteiger partial charge in [-0.25, -0.2) is 13.2 Å². The average Bonchev–Trinajstić information content (AvgIpc) is 2.43. The van der Waals surface area contributed by atoms with E-state index in [-0.39, 0.29) is 6.03 Å². The van der Waals surface area contributed by atoms with Gasteiger partial charge in [-0.15, -0.1) is 0 Å². The fourth-order valence-corrected chi connectivity index (χ4v) is 3.10. The smallest absolute Gasteiger partial charge is 0.317 e. The summed E-state index contributed by atoms with van der Waals surface area (Å²) in [7, 11) is -1.59. The van der Waals surface area contributed by atoms with Crippen molar-refractivity contribution in [3.8, 4) is 0 Å². The van der Waals surface area contributed by atoms with Crippen molar-refractivity contribution in [1.82, 2.24) is 10.2 Å². The van der Waals surface area contributed by atoms with Gasteiger partial charge < -0.3 is 10.2 Å². The minimum absolute atomic E-state index is 0.287. The van der Waals surface area contributed by atoms with E-state index in [2.05, 4.69) is 5.32 Å². The third-order valence-corrected chi connectivity index (χ3v) is 5.84. The van der Waals surface area contributed by atoms with E-state index in [0.29, 0.717) is 18.0 Å². The lowest BCUT2D eigenvalue weighted by Gasteiger charge is -2.29. The number of hydrogen-bond acceptors (Lipinski definition) is 3. The Bertz CT molecular complexity index is 619. The van der Waals surface area contributed by atoms with Gasteiger partial charge in [0.25, 0.3) is 0 Å². The molecular weight excluding hydrogens is 324 g/mol. The molecule has 0 saturated heterocycles. The number of rotatable bonds is 6. The molecule has 1 N–H and O–H groups in total. The summed E-state index contributed by atoms with van der Waals surface area (Å²) in [5.41, 5.74) is 1.04. The predicted molar refractivity (Wildman–Crippen MR) is 90.1 cm³/mol. The first-order valence-electron chi connectivity index (χ1n) is 7.07. The highest BCUT2D eigenvalue weighted by Crippen LogP contribution is 2.12. The molecule has 2 amide bonds. The first-order chi connectivity index (χ1) is 10.1. The van der Waals surface area contributed by atoms with Crippen LogP contribution in [0.2, 0.25) is 5.02 Å². The molecule has 0 spiro atoms. The van der Waals surface area contributed by atoms with E-state index >= 15 is 0 Å². The van der Waals surface area contributed by atoms with Gasteiger partial charge in [0.15, 0.2) is 9.84 Å². The Morgan fingerprint density at radius 3 is 2.55 bits per heavy atom. The molecule has 0 aromatic heterocycles. The largest absolute Gasteiger partial charge is 0.338 e. The third kappa shape index (κ3) is 5.50. The Kier molecular flexibility index (Phi) is 6.68. The fraction of sp³-hybridized carbons (Fsp3) is 0.533. The monoisotopic (exact) mass is 346 g/mol. The van der Waals surface area contributed by atoms with Crippen molar-refractivity contribution in [2.45, 2.75) is 31.6 Å². The summed E-state index contributed by atoms with van der Waals surface area (Å²) in [6, 6.07) is 6.76. The predicted octanol–water partition coefficient (Wildman–Crippen LogP) is 2.35. The molecule has 22 heavy (non-hydrogen) atoms. The second-order valence-corrected chi connectivity index (χ2v) is 8.34. The minimum Gasteiger partial charge on any atom is -0.338 e. The molecule has 124 valence electrons. The van der Waals surface area contributed by atoms with Crippen LogP contribution in [-0.4, -0.2) is 50.5 Å². The molecule has 0 unspecified atom stereocenters. The number of carbonyl (C=O) groups is 1. The van der Waals surface area contributed by atoms with Crippen LogP contribution in [0.4, 0.5) is 4.79 Å². The van der Waals surface area contributed by atoms with Crippen LogP contribution >= 0.6 is 11.6 Å². The number of hydrogen-bond donors (Lipinski definition) is 1. The maximum absolute atomic E-state index is 12.1. The molecule has 2 atom stereocenters. The summed E-state index contributed by atoms with van der Waals surface area (Å²) in [4.78, 5) is 13.5. The molecule has 1 aromatic rings. The summed E-state index contributed by atoms with van der Waals surface area (Å²) < 4.78 is 23.1. The highest BCUT2D eigenvalue weighted by atomic mass is 35.5. The van der Waals surface area contributed by atoms with Crippen LogP contribution in [0.3, 0.4) is 0 Å². The number of amides is 2. The first-order valence-corrected chi connectivity index (χ1v) is 9.40. The number of sulfone groups is 1. The number of halogens is 1. The Labute approximate surface area is 137 Å². The van der Waals surface area contributed by atoms with Gasteiger partial charge >= 0.3 is 6.03 Å². The Morgan fingerprint density at radius 1 is 1.36 bits per heavy atom. The van der Waals surface area contributed by atoms with Crippen molar-refractivity contribution in [1.29, 1.82) is 0 Å². The van der Waals surface area contributed by atoms with Crippen LogP contribution in [0.15, 0.2) is 24.3 Å². The normalized spacial score (nSPS) is 14.2. The van der Waals surface area contributed by atoms with Crippen molar-refractivity contribution in [2.75, 3.05) is 19.8 Å². The number of carbonyl (C=O) groups excluding carboxylic acids is 1. The van der Waals surface area contributed by atoms with Crippen LogP contribution in [0, 0.1) is 0 Å². The molecule has 0 bridgehead atoms. The summed E-state index contributed by atoms with van der Waals surface area (Å²) in [6.45, 7) is 3.79. The number of nitrogens with one attached hydrogen (secondary N) is 1. The maximum atomic E-state index is 12.1. The standard InChI is InChI=1S/C15H23ClN2O3S/c1-11(12(2)22(4,20)21)18(3)15(19)17-9-8-13-6-5-7-14(16)10-13/h5-7,10-12H,8-9H2,1-4H3,(H,17,19)/t11-,12-/m1/s1. The zero-order valence-electron chi connectivity index (χ0n) is 13.3. The first kappa shape index (κ1) is 18.8. The van der Waals surface area contributed by atoms with E-state index in [9.17, 15) is 13.2 Å². The van der Waals surface area contributed by atoms with Crippen LogP contribution < -0.4 is 5.32 Å². The second kappa shape index (κ2) is 7.83. The van der Waals surface area contributed by atoms with Gasteiger partial charge in [0, 0.05) is 30.9 Å². The van der Waals surface area contributed by atoms with E-state index < -0.39 is 21.1 Å². The minimum atomic E-state index is -3.19. The summed E-state index contributed by atoms with van der Waals surface area (Å²) in [5, 5.41) is 2.84. The topological polar surface area (TPSA) is 66.5 Å². The lowest BCUT2D eigenvalue weighted by atomic mass is 10.1. The number of nitrogens with zero attached hydrogens (tertiary/aromatic N) is 1. The lowest BCUT2D eigenvalue weighted by Crippen LogP contribution is -2.48. The molecule has 1 rings (SSSR count). The number of benzene rings is 1. The van der Waals surface area contributed by atoms with Gasteiger partial charge in [-0.1, -0.05) is 23.7 Å².